The van der Waals surface area contributed by atoms with Crippen LogP contribution in [0.25, 0.3) is 0 Å². The van der Waals surface area contributed by atoms with E-state index in [4.69, 9.17) is 4.42 Å². The number of carbonyl (C=O) groups is 1. The van der Waals surface area contributed by atoms with Crippen molar-refractivity contribution in [2.45, 2.75) is 13.5 Å². The Morgan fingerprint density at radius 2 is 2.00 bits per heavy atom. The van der Waals surface area contributed by atoms with E-state index in [9.17, 15) is 9.18 Å². The predicted octanol–water partition coefficient (Wildman–Crippen LogP) is 2.78. The van der Waals surface area contributed by atoms with Crippen molar-refractivity contribution in [2.75, 3.05) is 44.7 Å². The van der Waals surface area contributed by atoms with E-state index in [0.717, 1.165) is 31.8 Å². The SMILES string of the molecule is C=C(C)CN(C)C(=O)c1coc(CN2CCN(c3ccccc3F)CC2)n1. The normalized spacial score (nSPS) is 15.0. The first-order valence-electron chi connectivity index (χ1n) is 9.00. The van der Waals surface area contributed by atoms with Crippen molar-refractivity contribution in [3.05, 3.63) is 60.1 Å². The predicted molar refractivity (Wildman–Crippen MR) is 102 cm³/mol. The molecule has 144 valence electrons. The lowest BCUT2D eigenvalue weighted by molar-refractivity contribution is 0.0801. The van der Waals surface area contributed by atoms with E-state index in [1.807, 2.05) is 17.9 Å². The Hall–Kier alpha value is -2.67. The van der Waals surface area contributed by atoms with E-state index in [0.29, 0.717) is 30.4 Å². The summed E-state index contributed by atoms with van der Waals surface area (Å²) in [6, 6.07) is 6.83. The Morgan fingerprint density at radius 3 is 2.67 bits per heavy atom. The fourth-order valence-corrected chi connectivity index (χ4v) is 3.20. The summed E-state index contributed by atoms with van der Waals surface area (Å²) < 4.78 is 19.4. The molecule has 6 nitrogen and oxygen atoms in total. The van der Waals surface area contributed by atoms with Crippen molar-refractivity contribution < 1.29 is 13.6 Å². The number of halogens is 1. The number of anilines is 1. The zero-order valence-electron chi connectivity index (χ0n) is 15.8. The van der Waals surface area contributed by atoms with Gasteiger partial charge in [0.05, 0.1) is 12.2 Å². The van der Waals surface area contributed by atoms with Gasteiger partial charge >= 0.3 is 0 Å². The van der Waals surface area contributed by atoms with Gasteiger partial charge in [0.1, 0.15) is 12.1 Å². The molecule has 0 atom stereocenters. The fourth-order valence-electron chi connectivity index (χ4n) is 3.20. The zero-order valence-corrected chi connectivity index (χ0v) is 15.8. The van der Waals surface area contributed by atoms with E-state index in [1.54, 1.807) is 24.1 Å². The highest BCUT2D eigenvalue weighted by Gasteiger charge is 2.22. The minimum absolute atomic E-state index is 0.183. The van der Waals surface area contributed by atoms with Gasteiger partial charge < -0.3 is 14.2 Å². The summed E-state index contributed by atoms with van der Waals surface area (Å²) in [6.45, 7) is 9.71. The zero-order chi connectivity index (χ0) is 19.4. The molecule has 0 aliphatic carbocycles. The molecule has 1 aromatic heterocycles. The molecule has 2 heterocycles. The number of carbonyl (C=O) groups excluding carboxylic acids is 1. The maximum atomic E-state index is 13.9. The van der Waals surface area contributed by atoms with Crippen molar-refractivity contribution in [1.82, 2.24) is 14.8 Å². The first-order valence-corrected chi connectivity index (χ1v) is 9.00. The van der Waals surface area contributed by atoms with Crippen molar-refractivity contribution >= 4 is 11.6 Å². The highest BCUT2D eigenvalue weighted by molar-refractivity contribution is 5.91. The van der Waals surface area contributed by atoms with Crippen molar-refractivity contribution in [2.24, 2.45) is 0 Å². The number of para-hydroxylation sites is 1. The van der Waals surface area contributed by atoms with Crippen LogP contribution in [-0.4, -0.2) is 60.5 Å². The fraction of sp³-hybridized carbons (Fsp3) is 0.400. The van der Waals surface area contributed by atoms with E-state index >= 15 is 0 Å². The van der Waals surface area contributed by atoms with Crippen LogP contribution in [0.1, 0.15) is 23.3 Å². The van der Waals surface area contributed by atoms with Crippen molar-refractivity contribution in [3.63, 3.8) is 0 Å². The third-order valence-electron chi connectivity index (χ3n) is 4.55. The van der Waals surface area contributed by atoms with Gasteiger partial charge in [-0.25, -0.2) is 9.37 Å². The van der Waals surface area contributed by atoms with Crippen LogP contribution in [-0.2, 0) is 6.54 Å². The molecule has 1 aromatic carbocycles. The van der Waals surface area contributed by atoms with Crippen LogP contribution in [0.5, 0.6) is 0 Å². The molecule has 0 bridgehead atoms. The molecule has 0 saturated carbocycles. The summed E-state index contributed by atoms with van der Waals surface area (Å²) in [5.41, 5.74) is 1.85. The number of hydrogen-bond acceptors (Lipinski definition) is 5. The lowest BCUT2D eigenvalue weighted by atomic mass is 10.2. The number of likely N-dealkylation sites (N-methyl/N-ethyl adjacent to an activating group) is 1. The number of hydrogen-bond donors (Lipinski definition) is 0. The van der Waals surface area contributed by atoms with Crippen LogP contribution in [0.3, 0.4) is 0 Å². The number of piperazine rings is 1. The summed E-state index contributed by atoms with van der Waals surface area (Å²) in [5.74, 6) is 0.138. The molecule has 0 unspecified atom stereocenters. The molecule has 1 aliphatic rings. The third-order valence-corrected chi connectivity index (χ3v) is 4.55. The second kappa shape index (κ2) is 8.35. The summed E-state index contributed by atoms with van der Waals surface area (Å²) in [7, 11) is 1.72. The van der Waals surface area contributed by atoms with Crippen LogP contribution in [0, 0.1) is 5.82 Å². The highest BCUT2D eigenvalue weighted by Crippen LogP contribution is 2.20. The summed E-state index contributed by atoms with van der Waals surface area (Å²) in [4.78, 5) is 22.4. The molecule has 1 amide bonds. The topological polar surface area (TPSA) is 52.8 Å². The summed E-state index contributed by atoms with van der Waals surface area (Å²) >= 11 is 0. The molecular weight excluding hydrogens is 347 g/mol. The van der Waals surface area contributed by atoms with Gasteiger partial charge in [-0.3, -0.25) is 9.69 Å². The number of amides is 1. The number of benzene rings is 1. The molecule has 27 heavy (non-hydrogen) atoms. The van der Waals surface area contributed by atoms with Gasteiger partial charge in [-0.2, -0.15) is 0 Å². The molecule has 3 rings (SSSR count). The van der Waals surface area contributed by atoms with Crippen LogP contribution >= 0.6 is 0 Å². The maximum Gasteiger partial charge on any atom is 0.275 e. The molecule has 2 aromatic rings. The quantitative estimate of drug-likeness (QED) is 0.730. The Labute approximate surface area is 158 Å². The third kappa shape index (κ3) is 4.74. The molecule has 1 saturated heterocycles. The van der Waals surface area contributed by atoms with Gasteiger partial charge in [0.2, 0.25) is 5.89 Å². The minimum atomic E-state index is -0.194. The van der Waals surface area contributed by atoms with Gasteiger partial charge in [-0.15, -0.1) is 0 Å². The van der Waals surface area contributed by atoms with Gasteiger partial charge in [-0.1, -0.05) is 24.3 Å². The molecule has 0 radical (unpaired) electrons. The summed E-state index contributed by atoms with van der Waals surface area (Å²) in [6.07, 6.45) is 1.40. The number of aromatic nitrogens is 1. The van der Waals surface area contributed by atoms with Gasteiger partial charge in [-0.05, 0) is 19.1 Å². The van der Waals surface area contributed by atoms with Gasteiger partial charge in [0.15, 0.2) is 5.69 Å². The van der Waals surface area contributed by atoms with Crippen molar-refractivity contribution in [3.8, 4) is 0 Å². The number of oxazole rings is 1. The monoisotopic (exact) mass is 372 g/mol. The van der Waals surface area contributed by atoms with Gasteiger partial charge in [0, 0.05) is 39.8 Å². The number of nitrogens with zero attached hydrogens (tertiary/aromatic N) is 4. The lowest BCUT2D eigenvalue weighted by Crippen LogP contribution is -2.46. The Bertz CT molecular complexity index is 812. The van der Waals surface area contributed by atoms with Crippen LogP contribution < -0.4 is 4.90 Å². The smallest absolute Gasteiger partial charge is 0.275 e. The van der Waals surface area contributed by atoms with E-state index in [1.165, 1.54) is 12.3 Å². The lowest BCUT2D eigenvalue weighted by Gasteiger charge is -2.35. The average Bonchev–Trinajstić information content (AvgIpc) is 3.10. The standard InChI is InChI=1S/C20H25FN4O2/c1-15(2)12-23(3)20(26)17-14-27-19(22-17)13-24-8-10-25(11-9-24)18-7-5-4-6-16(18)21/h4-7,14H,1,8-13H2,2-3H3. The van der Waals surface area contributed by atoms with Crippen LogP contribution in [0.4, 0.5) is 10.1 Å². The molecule has 1 aliphatic heterocycles. The second-order valence-corrected chi connectivity index (χ2v) is 6.96. The Kier molecular flexibility index (Phi) is 5.91. The van der Waals surface area contributed by atoms with Crippen LogP contribution in [0.2, 0.25) is 0 Å². The molecular formula is C20H25FN4O2. The molecule has 0 spiro atoms. The minimum Gasteiger partial charge on any atom is -0.447 e. The van der Waals surface area contributed by atoms with Crippen LogP contribution in [0.15, 0.2) is 47.1 Å². The van der Waals surface area contributed by atoms with Gasteiger partial charge in [0.25, 0.3) is 5.91 Å². The first kappa shape index (κ1) is 19.1. The molecule has 0 N–H and O–H groups in total. The highest BCUT2D eigenvalue weighted by atomic mass is 19.1. The van der Waals surface area contributed by atoms with Crippen molar-refractivity contribution in [1.29, 1.82) is 0 Å². The maximum absolute atomic E-state index is 13.9. The Morgan fingerprint density at radius 1 is 1.30 bits per heavy atom. The summed E-state index contributed by atoms with van der Waals surface area (Å²) in [5, 5.41) is 0. The van der Waals surface area contributed by atoms with E-state index in [-0.39, 0.29) is 11.7 Å². The number of rotatable bonds is 6. The van der Waals surface area contributed by atoms with E-state index < -0.39 is 0 Å². The first-order chi connectivity index (χ1) is 12.9. The second-order valence-electron chi connectivity index (χ2n) is 6.96. The molecule has 1 fully saturated rings. The average molecular weight is 372 g/mol. The molecule has 7 heteroatoms. The van der Waals surface area contributed by atoms with E-state index in [2.05, 4.69) is 16.5 Å². The largest absolute Gasteiger partial charge is 0.447 e. The Balaban J connectivity index is 1.54.